The third kappa shape index (κ3) is 3.43. The minimum atomic E-state index is -0.959. The molecule has 0 radical (unpaired) electrons. The number of aromatic amines is 2. The highest BCUT2D eigenvalue weighted by molar-refractivity contribution is 5.81. The molecule has 1 atom stereocenters. The van der Waals surface area contributed by atoms with E-state index >= 15 is 0 Å². The van der Waals surface area contributed by atoms with E-state index in [0.717, 1.165) is 27.5 Å². The molecule has 1 aliphatic heterocycles. The first kappa shape index (κ1) is 17.4. The van der Waals surface area contributed by atoms with Crippen LogP contribution in [-0.2, 0) is 13.0 Å². The first-order chi connectivity index (χ1) is 14.1. The van der Waals surface area contributed by atoms with Gasteiger partial charge in [-0.3, -0.25) is 5.73 Å². The third-order valence-electron chi connectivity index (χ3n) is 5.24. The van der Waals surface area contributed by atoms with Crippen LogP contribution in [0, 0.1) is 0 Å². The number of hydrogen-bond acceptors (Lipinski definition) is 5. The number of nitrogens with one attached hydrogen (secondary N) is 4. The first-order valence-corrected chi connectivity index (χ1v) is 9.56. The lowest BCUT2D eigenvalue weighted by atomic mass is 10.0. The van der Waals surface area contributed by atoms with Crippen molar-refractivity contribution in [1.29, 1.82) is 0 Å². The van der Waals surface area contributed by atoms with Gasteiger partial charge in [-0.25, -0.2) is 4.99 Å². The number of aromatic nitrogens is 2. The Morgan fingerprint density at radius 2 is 1.55 bits per heavy atom. The molecule has 0 saturated heterocycles. The smallest absolute Gasteiger partial charge is 0.187 e. The number of nitrogens with zero attached hydrogens (tertiary/aromatic N) is 1. The fourth-order valence-electron chi connectivity index (χ4n) is 3.73. The molecule has 0 bridgehead atoms. The minimum Gasteiger partial charge on any atom is -0.395 e. The molecule has 0 fully saturated rings. The van der Waals surface area contributed by atoms with E-state index in [4.69, 9.17) is 11.5 Å². The zero-order valence-electron chi connectivity index (χ0n) is 15.9. The Balaban J connectivity index is 1.30. The molecular formula is C22H23N7. The van der Waals surface area contributed by atoms with Crippen molar-refractivity contribution in [3.05, 3.63) is 83.6 Å². The Labute approximate surface area is 167 Å². The van der Waals surface area contributed by atoms with Crippen molar-refractivity contribution in [2.45, 2.75) is 18.8 Å². The molecule has 2 aromatic carbocycles. The van der Waals surface area contributed by atoms with Crippen LogP contribution in [0.3, 0.4) is 0 Å². The molecule has 0 amide bonds. The highest BCUT2D eigenvalue weighted by atomic mass is 15.3. The van der Waals surface area contributed by atoms with E-state index in [1.165, 1.54) is 5.39 Å². The van der Waals surface area contributed by atoms with Gasteiger partial charge in [-0.1, -0.05) is 12.1 Å². The highest BCUT2D eigenvalue weighted by Gasteiger charge is 2.28. The molecule has 8 N–H and O–H groups in total. The van der Waals surface area contributed by atoms with E-state index in [1.807, 2.05) is 18.5 Å². The summed E-state index contributed by atoms with van der Waals surface area (Å²) < 4.78 is 0. The van der Waals surface area contributed by atoms with Crippen LogP contribution in [0.15, 0.2) is 77.4 Å². The second kappa shape index (κ2) is 6.72. The van der Waals surface area contributed by atoms with Crippen molar-refractivity contribution in [3.8, 4) is 0 Å². The molecule has 2 aromatic heterocycles. The lowest BCUT2D eigenvalue weighted by molar-refractivity contribution is 0.363. The van der Waals surface area contributed by atoms with Gasteiger partial charge >= 0.3 is 0 Å². The Bertz CT molecular complexity index is 1250. The lowest BCUT2D eigenvalue weighted by Crippen LogP contribution is -2.57. The molecule has 146 valence electrons. The predicted molar refractivity (Wildman–Crippen MR) is 117 cm³/mol. The Hall–Kier alpha value is -3.71. The van der Waals surface area contributed by atoms with Gasteiger partial charge in [0.2, 0.25) is 0 Å². The molecule has 3 heterocycles. The van der Waals surface area contributed by atoms with Gasteiger partial charge in [-0.2, -0.15) is 0 Å². The molecule has 1 aliphatic rings. The van der Waals surface area contributed by atoms with Crippen LogP contribution >= 0.6 is 0 Å². The van der Waals surface area contributed by atoms with Crippen molar-refractivity contribution < 1.29 is 0 Å². The van der Waals surface area contributed by atoms with Crippen molar-refractivity contribution in [1.82, 2.24) is 20.6 Å². The molecule has 4 aromatic rings. The van der Waals surface area contributed by atoms with Crippen LogP contribution < -0.4 is 22.1 Å². The number of aliphatic imine (C=N–C) groups is 1. The Morgan fingerprint density at radius 1 is 0.897 bits per heavy atom. The average Bonchev–Trinajstić information content (AvgIpc) is 3.37. The second-order valence-corrected chi connectivity index (χ2v) is 7.47. The maximum Gasteiger partial charge on any atom is 0.187 e. The standard InChI is InChI=1S/C22H23N7/c23-18-13-28-22(24,11-14-1-3-19-16(9-14)5-7-25-19)29-21(18)27-12-15-2-4-20-17(10-15)6-8-26-20/h1-10,13,25-27,29H,11-12,23-24H2. The molecule has 0 saturated carbocycles. The predicted octanol–water partition coefficient (Wildman–Crippen LogP) is 2.40. The zero-order valence-corrected chi connectivity index (χ0v) is 15.9. The number of H-pyrrole nitrogens is 2. The summed E-state index contributed by atoms with van der Waals surface area (Å²) in [6.07, 6.45) is 6.04. The highest BCUT2D eigenvalue weighted by Crippen LogP contribution is 2.20. The molecular weight excluding hydrogens is 362 g/mol. The summed E-state index contributed by atoms with van der Waals surface area (Å²) in [6.45, 7) is 0.628. The first-order valence-electron chi connectivity index (χ1n) is 9.56. The maximum atomic E-state index is 6.54. The summed E-state index contributed by atoms with van der Waals surface area (Å²) >= 11 is 0. The van der Waals surface area contributed by atoms with Gasteiger partial charge in [0.15, 0.2) is 5.79 Å². The monoisotopic (exact) mass is 385 g/mol. The summed E-state index contributed by atoms with van der Waals surface area (Å²) in [5.41, 5.74) is 17.7. The van der Waals surface area contributed by atoms with Crippen molar-refractivity contribution in [3.63, 3.8) is 0 Å². The van der Waals surface area contributed by atoms with Crippen LogP contribution in [0.25, 0.3) is 21.8 Å². The van der Waals surface area contributed by atoms with Gasteiger partial charge in [-0.05, 0) is 58.3 Å². The summed E-state index contributed by atoms with van der Waals surface area (Å²) in [5.74, 6) is -0.265. The summed E-state index contributed by atoms with van der Waals surface area (Å²) in [4.78, 5) is 10.9. The van der Waals surface area contributed by atoms with Crippen LogP contribution in [0.1, 0.15) is 11.1 Å². The van der Waals surface area contributed by atoms with Crippen LogP contribution in [0.2, 0.25) is 0 Å². The molecule has 0 aliphatic carbocycles. The average molecular weight is 385 g/mol. The van der Waals surface area contributed by atoms with E-state index in [0.29, 0.717) is 24.5 Å². The van der Waals surface area contributed by atoms with Crippen LogP contribution in [0.5, 0.6) is 0 Å². The van der Waals surface area contributed by atoms with Gasteiger partial charge in [0.25, 0.3) is 0 Å². The number of rotatable bonds is 5. The molecule has 29 heavy (non-hydrogen) atoms. The lowest BCUT2D eigenvalue weighted by Gasteiger charge is -2.32. The van der Waals surface area contributed by atoms with Gasteiger partial charge in [0.1, 0.15) is 5.82 Å². The largest absolute Gasteiger partial charge is 0.395 e. The van der Waals surface area contributed by atoms with E-state index in [2.05, 4.69) is 68.1 Å². The summed E-state index contributed by atoms with van der Waals surface area (Å²) in [7, 11) is 0. The van der Waals surface area contributed by atoms with Crippen LogP contribution in [0.4, 0.5) is 0 Å². The zero-order chi connectivity index (χ0) is 19.8. The van der Waals surface area contributed by atoms with Crippen molar-refractivity contribution in [2.24, 2.45) is 16.5 Å². The number of nitrogens with two attached hydrogens (primary N) is 2. The van der Waals surface area contributed by atoms with Crippen LogP contribution in [-0.4, -0.2) is 22.0 Å². The molecule has 1 unspecified atom stereocenters. The van der Waals surface area contributed by atoms with E-state index < -0.39 is 5.79 Å². The topological polar surface area (TPSA) is 120 Å². The van der Waals surface area contributed by atoms with E-state index in [9.17, 15) is 0 Å². The molecule has 0 spiro atoms. The fraction of sp³-hybridized carbons (Fsp3) is 0.136. The maximum absolute atomic E-state index is 6.54. The number of allylic oxidation sites excluding steroid dienone is 1. The second-order valence-electron chi connectivity index (χ2n) is 7.47. The Morgan fingerprint density at radius 3 is 2.28 bits per heavy atom. The normalized spacial score (nSPS) is 19.1. The number of fused-ring (bicyclic) bond motifs is 2. The minimum absolute atomic E-state index is 0.537. The van der Waals surface area contributed by atoms with Gasteiger partial charge < -0.3 is 26.3 Å². The summed E-state index contributed by atoms with van der Waals surface area (Å²) in [6, 6.07) is 16.7. The van der Waals surface area contributed by atoms with E-state index in [-0.39, 0.29) is 0 Å². The Kier molecular flexibility index (Phi) is 4.03. The fourth-order valence-corrected chi connectivity index (χ4v) is 3.73. The van der Waals surface area contributed by atoms with Gasteiger partial charge in [0.05, 0.1) is 11.9 Å². The van der Waals surface area contributed by atoms with Gasteiger partial charge in [-0.15, -0.1) is 0 Å². The molecule has 7 heteroatoms. The third-order valence-corrected chi connectivity index (χ3v) is 5.24. The number of hydrogen-bond donors (Lipinski definition) is 6. The van der Waals surface area contributed by atoms with Gasteiger partial charge in [0, 0.05) is 36.4 Å². The summed E-state index contributed by atoms with van der Waals surface area (Å²) in [5, 5.41) is 8.98. The molecule has 7 nitrogen and oxygen atoms in total. The number of benzene rings is 2. The quantitative estimate of drug-likeness (QED) is 0.316. The van der Waals surface area contributed by atoms with Crippen molar-refractivity contribution >= 4 is 28.0 Å². The SMILES string of the molecule is NC1=C(NCc2ccc3[nH]ccc3c2)NC(N)(Cc2ccc3[nH]ccc3c2)N=C1. The molecule has 5 rings (SSSR count). The van der Waals surface area contributed by atoms with Crippen molar-refractivity contribution in [2.75, 3.05) is 0 Å². The van der Waals surface area contributed by atoms with E-state index in [1.54, 1.807) is 6.21 Å².